The van der Waals surface area contributed by atoms with Gasteiger partial charge in [0, 0.05) is 18.9 Å². The highest BCUT2D eigenvalue weighted by atomic mass is 16.5. The molecule has 1 aromatic rings. The quantitative estimate of drug-likeness (QED) is 0.659. The standard InChI is InChI=1S/C11H19N3O2/c1-4-14-7-10(12-13-14)8-16-6-5-11(15)9(2)3/h7,9H,4-6,8H2,1-3H3. The van der Waals surface area contributed by atoms with Crippen LogP contribution >= 0.6 is 0 Å². The van der Waals surface area contributed by atoms with E-state index in [4.69, 9.17) is 4.74 Å². The first-order valence-electron chi connectivity index (χ1n) is 5.63. The van der Waals surface area contributed by atoms with Gasteiger partial charge in [-0.2, -0.15) is 0 Å². The molecule has 0 aliphatic heterocycles. The average Bonchev–Trinajstić information content (AvgIpc) is 2.71. The first kappa shape index (κ1) is 12.8. The normalized spacial score (nSPS) is 11.0. The average molecular weight is 225 g/mol. The Labute approximate surface area is 95.8 Å². The predicted octanol–water partition coefficient (Wildman–Crippen LogP) is 1.43. The number of aromatic nitrogens is 3. The number of Topliss-reactive ketones (excluding diaryl/α,β-unsaturated/α-hetero) is 1. The molecule has 0 unspecified atom stereocenters. The lowest BCUT2D eigenvalue weighted by Crippen LogP contribution is -2.10. The van der Waals surface area contributed by atoms with E-state index >= 15 is 0 Å². The molecule has 0 aromatic carbocycles. The predicted molar refractivity (Wildman–Crippen MR) is 59.8 cm³/mol. The molecule has 0 saturated heterocycles. The Balaban J connectivity index is 2.18. The summed E-state index contributed by atoms with van der Waals surface area (Å²) in [5.74, 6) is 0.321. The number of rotatable bonds is 7. The lowest BCUT2D eigenvalue weighted by molar-refractivity contribution is -0.123. The molecular weight excluding hydrogens is 206 g/mol. The summed E-state index contributed by atoms with van der Waals surface area (Å²) in [5, 5.41) is 7.84. The summed E-state index contributed by atoms with van der Waals surface area (Å²) in [5.41, 5.74) is 0.804. The Morgan fingerprint density at radius 1 is 1.56 bits per heavy atom. The summed E-state index contributed by atoms with van der Waals surface area (Å²) >= 11 is 0. The summed E-state index contributed by atoms with van der Waals surface area (Å²) < 4.78 is 7.11. The van der Waals surface area contributed by atoms with Gasteiger partial charge in [0.15, 0.2) is 0 Å². The molecule has 1 rings (SSSR count). The topological polar surface area (TPSA) is 57.0 Å². The van der Waals surface area contributed by atoms with Gasteiger partial charge in [-0.15, -0.1) is 5.10 Å². The molecule has 0 N–H and O–H groups in total. The van der Waals surface area contributed by atoms with Crippen LogP contribution in [-0.4, -0.2) is 27.4 Å². The molecule has 0 aliphatic rings. The number of ether oxygens (including phenoxy) is 1. The highest BCUT2D eigenvalue weighted by Crippen LogP contribution is 2.01. The van der Waals surface area contributed by atoms with Crippen LogP contribution in [0.2, 0.25) is 0 Å². The maximum atomic E-state index is 11.3. The molecule has 1 heterocycles. The van der Waals surface area contributed by atoms with Crippen LogP contribution in [-0.2, 0) is 22.7 Å². The molecule has 0 aliphatic carbocycles. The Bertz CT molecular complexity index is 334. The zero-order valence-corrected chi connectivity index (χ0v) is 10.1. The van der Waals surface area contributed by atoms with E-state index < -0.39 is 0 Å². The zero-order chi connectivity index (χ0) is 12.0. The lowest BCUT2D eigenvalue weighted by Gasteiger charge is -2.03. The fourth-order valence-corrected chi connectivity index (χ4v) is 1.20. The Morgan fingerprint density at radius 3 is 2.88 bits per heavy atom. The van der Waals surface area contributed by atoms with Crippen molar-refractivity contribution < 1.29 is 9.53 Å². The number of carbonyl (C=O) groups excluding carboxylic acids is 1. The van der Waals surface area contributed by atoms with Crippen molar-refractivity contribution in [3.8, 4) is 0 Å². The van der Waals surface area contributed by atoms with Crippen molar-refractivity contribution >= 4 is 5.78 Å². The first-order chi connectivity index (χ1) is 7.63. The third-order valence-electron chi connectivity index (χ3n) is 2.30. The summed E-state index contributed by atoms with van der Waals surface area (Å²) in [6.07, 6.45) is 2.32. The van der Waals surface area contributed by atoms with Crippen LogP contribution in [0.1, 0.15) is 32.9 Å². The van der Waals surface area contributed by atoms with Crippen LogP contribution in [0, 0.1) is 5.92 Å². The number of nitrogens with zero attached hydrogens (tertiary/aromatic N) is 3. The van der Waals surface area contributed by atoms with E-state index in [0.29, 0.717) is 19.6 Å². The third kappa shape index (κ3) is 4.10. The van der Waals surface area contributed by atoms with E-state index in [9.17, 15) is 4.79 Å². The highest BCUT2D eigenvalue weighted by Gasteiger charge is 2.06. The number of carbonyl (C=O) groups is 1. The summed E-state index contributed by atoms with van der Waals surface area (Å²) in [6, 6.07) is 0. The second-order valence-electron chi connectivity index (χ2n) is 3.99. The van der Waals surface area contributed by atoms with Crippen molar-refractivity contribution in [3.05, 3.63) is 11.9 Å². The second kappa shape index (κ2) is 6.37. The van der Waals surface area contributed by atoms with Crippen LogP contribution in [0.5, 0.6) is 0 Å². The van der Waals surface area contributed by atoms with E-state index in [2.05, 4.69) is 10.3 Å². The van der Waals surface area contributed by atoms with Crippen molar-refractivity contribution in [1.29, 1.82) is 0 Å². The molecule has 0 spiro atoms. The fourth-order valence-electron chi connectivity index (χ4n) is 1.20. The Kier molecular flexibility index (Phi) is 5.11. The van der Waals surface area contributed by atoms with Crippen molar-refractivity contribution in [2.75, 3.05) is 6.61 Å². The number of ketones is 1. The second-order valence-corrected chi connectivity index (χ2v) is 3.99. The van der Waals surface area contributed by atoms with Crippen molar-refractivity contribution in [2.45, 2.75) is 40.3 Å². The van der Waals surface area contributed by atoms with Gasteiger partial charge in [-0.1, -0.05) is 19.1 Å². The largest absolute Gasteiger partial charge is 0.375 e. The monoisotopic (exact) mass is 225 g/mol. The van der Waals surface area contributed by atoms with Crippen molar-refractivity contribution in [3.63, 3.8) is 0 Å². The van der Waals surface area contributed by atoms with Gasteiger partial charge in [-0.3, -0.25) is 9.48 Å². The minimum Gasteiger partial charge on any atom is -0.375 e. The van der Waals surface area contributed by atoms with Crippen LogP contribution in [0.15, 0.2) is 6.20 Å². The Hall–Kier alpha value is -1.23. The zero-order valence-electron chi connectivity index (χ0n) is 10.1. The van der Waals surface area contributed by atoms with Crippen molar-refractivity contribution in [1.82, 2.24) is 15.0 Å². The molecule has 5 nitrogen and oxygen atoms in total. The van der Waals surface area contributed by atoms with Gasteiger partial charge in [-0.25, -0.2) is 0 Å². The van der Waals surface area contributed by atoms with Gasteiger partial charge in [0.25, 0.3) is 0 Å². The maximum absolute atomic E-state index is 11.3. The molecule has 0 saturated carbocycles. The van der Waals surface area contributed by atoms with Gasteiger partial charge >= 0.3 is 0 Å². The molecule has 1 aromatic heterocycles. The molecule has 0 amide bonds. The van der Waals surface area contributed by atoms with Crippen LogP contribution < -0.4 is 0 Å². The van der Waals surface area contributed by atoms with Crippen molar-refractivity contribution in [2.24, 2.45) is 5.92 Å². The number of aryl methyl sites for hydroxylation is 1. The van der Waals surface area contributed by atoms with Gasteiger partial charge in [0.1, 0.15) is 11.5 Å². The number of hydrogen-bond donors (Lipinski definition) is 0. The van der Waals surface area contributed by atoms with Gasteiger partial charge in [0.05, 0.1) is 19.4 Å². The SMILES string of the molecule is CCn1cc(COCCC(=O)C(C)C)nn1. The minimum atomic E-state index is 0.0876. The van der Waals surface area contributed by atoms with E-state index in [-0.39, 0.29) is 11.7 Å². The molecule has 0 bridgehead atoms. The molecule has 0 radical (unpaired) electrons. The van der Waals surface area contributed by atoms with Crippen LogP contribution in [0.4, 0.5) is 0 Å². The molecule has 16 heavy (non-hydrogen) atoms. The van der Waals surface area contributed by atoms with Gasteiger partial charge < -0.3 is 4.74 Å². The Morgan fingerprint density at radius 2 is 2.31 bits per heavy atom. The van der Waals surface area contributed by atoms with Gasteiger partial charge in [0.2, 0.25) is 0 Å². The van der Waals surface area contributed by atoms with E-state index in [0.717, 1.165) is 12.2 Å². The molecule has 90 valence electrons. The van der Waals surface area contributed by atoms with E-state index in [1.165, 1.54) is 0 Å². The summed E-state index contributed by atoms with van der Waals surface area (Å²) in [6.45, 7) is 7.48. The molecule has 5 heteroatoms. The molecular formula is C11H19N3O2. The fraction of sp³-hybridized carbons (Fsp3) is 0.727. The maximum Gasteiger partial charge on any atom is 0.137 e. The van der Waals surface area contributed by atoms with E-state index in [1.807, 2.05) is 27.0 Å². The summed E-state index contributed by atoms with van der Waals surface area (Å²) in [7, 11) is 0. The van der Waals surface area contributed by atoms with Crippen LogP contribution in [0.25, 0.3) is 0 Å². The highest BCUT2D eigenvalue weighted by molar-refractivity contribution is 5.80. The minimum absolute atomic E-state index is 0.0876. The van der Waals surface area contributed by atoms with Crippen LogP contribution in [0.3, 0.4) is 0 Å². The van der Waals surface area contributed by atoms with Gasteiger partial charge in [-0.05, 0) is 6.92 Å². The molecule has 0 atom stereocenters. The smallest absolute Gasteiger partial charge is 0.137 e. The summed E-state index contributed by atoms with van der Waals surface area (Å²) in [4.78, 5) is 11.3. The third-order valence-corrected chi connectivity index (χ3v) is 2.30. The lowest BCUT2D eigenvalue weighted by atomic mass is 10.1. The van der Waals surface area contributed by atoms with E-state index in [1.54, 1.807) is 4.68 Å². The first-order valence-corrected chi connectivity index (χ1v) is 5.63. The number of hydrogen-bond acceptors (Lipinski definition) is 4. The molecule has 0 fully saturated rings.